The summed E-state index contributed by atoms with van der Waals surface area (Å²) in [6, 6.07) is 6.20. The first-order valence-electron chi connectivity index (χ1n) is 5.16. The van der Waals surface area contributed by atoms with Gasteiger partial charge >= 0.3 is 0 Å². The van der Waals surface area contributed by atoms with E-state index in [9.17, 15) is 0 Å². The Labute approximate surface area is 94.8 Å². The van der Waals surface area contributed by atoms with E-state index in [1.807, 2.05) is 13.1 Å². The number of rotatable bonds is 2. The molecule has 0 spiro atoms. The fraction of sp³-hybridized carbons (Fsp3) is 0.250. The molecular weight excluding hydrogens is 200 g/mol. The molecule has 0 saturated carbocycles. The molecular formula is C12H14N4. The van der Waals surface area contributed by atoms with Crippen LogP contribution in [-0.2, 0) is 0 Å². The van der Waals surface area contributed by atoms with Crippen LogP contribution in [0.15, 0.2) is 24.4 Å². The van der Waals surface area contributed by atoms with E-state index in [0.29, 0.717) is 5.82 Å². The summed E-state index contributed by atoms with van der Waals surface area (Å²) in [7, 11) is 1.82. The summed E-state index contributed by atoms with van der Waals surface area (Å²) in [6.07, 6.45) is 1.60. The molecule has 0 saturated heterocycles. The van der Waals surface area contributed by atoms with Gasteiger partial charge in [-0.15, -0.1) is 5.10 Å². The highest BCUT2D eigenvalue weighted by Gasteiger charge is 2.06. The van der Waals surface area contributed by atoms with Crippen LogP contribution in [0.1, 0.15) is 11.1 Å². The zero-order valence-corrected chi connectivity index (χ0v) is 9.65. The van der Waals surface area contributed by atoms with Crippen molar-refractivity contribution in [2.24, 2.45) is 0 Å². The van der Waals surface area contributed by atoms with Crippen molar-refractivity contribution >= 4 is 5.82 Å². The predicted octanol–water partition coefficient (Wildman–Crippen LogP) is 2.20. The maximum absolute atomic E-state index is 4.37. The number of benzene rings is 1. The minimum atomic E-state index is 0.657. The first-order valence-corrected chi connectivity index (χ1v) is 5.16. The molecule has 0 radical (unpaired) electrons. The molecule has 0 aliphatic heterocycles. The highest BCUT2D eigenvalue weighted by atomic mass is 15.2. The summed E-state index contributed by atoms with van der Waals surface area (Å²) in [6.45, 7) is 4.12. The molecule has 0 unspecified atom stereocenters. The first-order chi connectivity index (χ1) is 7.70. The highest BCUT2D eigenvalue weighted by Crippen LogP contribution is 2.20. The second kappa shape index (κ2) is 4.26. The molecule has 1 aromatic heterocycles. The maximum Gasteiger partial charge on any atom is 0.184 e. The van der Waals surface area contributed by atoms with Gasteiger partial charge in [-0.05, 0) is 19.4 Å². The van der Waals surface area contributed by atoms with E-state index < -0.39 is 0 Å². The van der Waals surface area contributed by atoms with Gasteiger partial charge in [0.15, 0.2) is 5.82 Å². The van der Waals surface area contributed by atoms with Gasteiger partial charge in [0.1, 0.15) is 5.82 Å². The number of nitrogens with zero attached hydrogens (tertiary/aromatic N) is 3. The molecule has 16 heavy (non-hydrogen) atoms. The summed E-state index contributed by atoms with van der Waals surface area (Å²) in [4.78, 5) is 4.37. The van der Waals surface area contributed by atoms with Crippen molar-refractivity contribution in [3.05, 3.63) is 35.5 Å². The van der Waals surface area contributed by atoms with Crippen LogP contribution in [0.25, 0.3) is 11.4 Å². The Bertz CT molecular complexity index is 508. The Hall–Kier alpha value is -1.97. The van der Waals surface area contributed by atoms with Crippen LogP contribution < -0.4 is 5.32 Å². The molecule has 2 aromatic rings. The number of hydrogen-bond acceptors (Lipinski definition) is 4. The van der Waals surface area contributed by atoms with Gasteiger partial charge in [-0.3, -0.25) is 0 Å². The van der Waals surface area contributed by atoms with Crippen LogP contribution >= 0.6 is 0 Å². The summed E-state index contributed by atoms with van der Waals surface area (Å²) >= 11 is 0. The van der Waals surface area contributed by atoms with E-state index in [-0.39, 0.29) is 0 Å². The second-order valence-corrected chi connectivity index (χ2v) is 3.73. The summed E-state index contributed by atoms with van der Waals surface area (Å²) < 4.78 is 0. The van der Waals surface area contributed by atoms with Crippen molar-refractivity contribution in [1.82, 2.24) is 15.2 Å². The molecule has 0 fully saturated rings. The third-order valence-electron chi connectivity index (χ3n) is 2.44. The third-order valence-corrected chi connectivity index (χ3v) is 2.44. The van der Waals surface area contributed by atoms with E-state index >= 15 is 0 Å². The average molecular weight is 214 g/mol. The standard InChI is InChI=1S/C12H14N4/c1-8-4-5-10(9(2)6-8)12-15-11(13-3)7-14-16-12/h4-7H,1-3H3,(H,13,15,16). The predicted molar refractivity (Wildman–Crippen MR) is 64.3 cm³/mol. The molecule has 0 bridgehead atoms. The highest BCUT2D eigenvalue weighted by molar-refractivity contribution is 5.61. The number of anilines is 1. The van der Waals surface area contributed by atoms with Gasteiger partial charge in [0.2, 0.25) is 0 Å². The Morgan fingerprint density at radius 1 is 1.19 bits per heavy atom. The van der Waals surface area contributed by atoms with Crippen molar-refractivity contribution in [2.75, 3.05) is 12.4 Å². The average Bonchev–Trinajstić information content (AvgIpc) is 2.29. The normalized spacial score (nSPS) is 10.2. The lowest BCUT2D eigenvalue weighted by Gasteiger charge is -2.05. The molecule has 0 aliphatic carbocycles. The quantitative estimate of drug-likeness (QED) is 0.832. The minimum absolute atomic E-state index is 0.657. The number of nitrogens with one attached hydrogen (secondary N) is 1. The van der Waals surface area contributed by atoms with Gasteiger partial charge < -0.3 is 5.32 Å². The maximum atomic E-state index is 4.37. The lowest BCUT2D eigenvalue weighted by molar-refractivity contribution is 0.979. The first kappa shape index (κ1) is 10.5. The molecule has 2 rings (SSSR count). The molecule has 4 nitrogen and oxygen atoms in total. The van der Waals surface area contributed by atoms with Crippen molar-refractivity contribution in [3.8, 4) is 11.4 Å². The van der Waals surface area contributed by atoms with Gasteiger partial charge in [0.25, 0.3) is 0 Å². The smallest absolute Gasteiger partial charge is 0.184 e. The topological polar surface area (TPSA) is 50.7 Å². The van der Waals surface area contributed by atoms with Crippen LogP contribution in [0, 0.1) is 13.8 Å². The number of hydrogen-bond donors (Lipinski definition) is 1. The number of aryl methyl sites for hydroxylation is 2. The lowest BCUT2D eigenvalue weighted by atomic mass is 10.1. The third kappa shape index (κ3) is 2.00. The molecule has 4 heteroatoms. The van der Waals surface area contributed by atoms with Crippen molar-refractivity contribution in [2.45, 2.75) is 13.8 Å². The van der Waals surface area contributed by atoms with Gasteiger partial charge in [-0.1, -0.05) is 23.8 Å². The Balaban J connectivity index is 2.49. The lowest BCUT2D eigenvalue weighted by Crippen LogP contribution is -1.99. The Morgan fingerprint density at radius 3 is 2.69 bits per heavy atom. The SMILES string of the molecule is CNc1cnnc(-c2ccc(C)cc2C)n1. The summed E-state index contributed by atoms with van der Waals surface area (Å²) in [5.41, 5.74) is 3.42. The molecule has 1 aromatic carbocycles. The van der Waals surface area contributed by atoms with E-state index in [4.69, 9.17) is 0 Å². The van der Waals surface area contributed by atoms with E-state index in [0.717, 1.165) is 16.9 Å². The molecule has 0 amide bonds. The largest absolute Gasteiger partial charge is 0.372 e. The molecule has 1 N–H and O–H groups in total. The van der Waals surface area contributed by atoms with Gasteiger partial charge in [-0.25, -0.2) is 4.98 Å². The van der Waals surface area contributed by atoms with E-state index in [1.165, 1.54) is 5.56 Å². The van der Waals surface area contributed by atoms with Gasteiger partial charge in [-0.2, -0.15) is 5.10 Å². The molecule has 0 atom stereocenters. The Kier molecular flexibility index (Phi) is 2.81. The van der Waals surface area contributed by atoms with Gasteiger partial charge in [0.05, 0.1) is 6.20 Å². The van der Waals surface area contributed by atoms with E-state index in [1.54, 1.807) is 6.20 Å². The van der Waals surface area contributed by atoms with Crippen LogP contribution in [0.3, 0.4) is 0 Å². The fourth-order valence-electron chi connectivity index (χ4n) is 1.60. The monoisotopic (exact) mass is 214 g/mol. The van der Waals surface area contributed by atoms with Crippen LogP contribution in [0.4, 0.5) is 5.82 Å². The Morgan fingerprint density at radius 2 is 2.00 bits per heavy atom. The minimum Gasteiger partial charge on any atom is -0.372 e. The fourth-order valence-corrected chi connectivity index (χ4v) is 1.60. The zero-order valence-electron chi connectivity index (χ0n) is 9.65. The number of aromatic nitrogens is 3. The summed E-state index contributed by atoms with van der Waals surface area (Å²) in [5, 5.41) is 10.9. The molecule has 1 heterocycles. The zero-order chi connectivity index (χ0) is 11.5. The molecule has 0 aliphatic rings. The van der Waals surface area contributed by atoms with Gasteiger partial charge in [0, 0.05) is 12.6 Å². The second-order valence-electron chi connectivity index (χ2n) is 3.73. The van der Waals surface area contributed by atoms with Crippen molar-refractivity contribution in [1.29, 1.82) is 0 Å². The van der Waals surface area contributed by atoms with Crippen molar-refractivity contribution in [3.63, 3.8) is 0 Å². The van der Waals surface area contributed by atoms with Crippen molar-refractivity contribution < 1.29 is 0 Å². The van der Waals surface area contributed by atoms with Crippen LogP contribution in [-0.4, -0.2) is 22.2 Å². The van der Waals surface area contributed by atoms with Crippen LogP contribution in [0.2, 0.25) is 0 Å². The van der Waals surface area contributed by atoms with Crippen LogP contribution in [0.5, 0.6) is 0 Å². The summed E-state index contributed by atoms with van der Waals surface area (Å²) in [5.74, 6) is 1.38. The molecule has 82 valence electrons. The van der Waals surface area contributed by atoms with E-state index in [2.05, 4.69) is 46.5 Å².